The molecule has 2 fully saturated rings. The van der Waals surface area contributed by atoms with Gasteiger partial charge in [0.1, 0.15) is 0 Å². The molecule has 8 atom stereocenters. The normalized spacial score (nSPS) is 36.9. The van der Waals surface area contributed by atoms with Crippen molar-refractivity contribution in [2.75, 3.05) is 41.8 Å². The first-order valence-electron chi connectivity index (χ1n) is 13.3. The fourth-order valence-electron chi connectivity index (χ4n) is 7.14. The van der Waals surface area contributed by atoms with Gasteiger partial charge in [0, 0.05) is 42.2 Å². The maximum atomic E-state index is 13.6. The predicted octanol–water partition coefficient (Wildman–Crippen LogP) is 5.07. The molecule has 3 unspecified atom stereocenters. The van der Waals surface area contributed by atoms with Crippen LogP contribution in [0.5, 0.6) is 0 Å². The van der Waals surface area contributed by atoms with Gasteiger partial charge in [0.2, 0.25) is 0 Å². The van der Waals surface area contributed by atoms with Crippen LogP contribution in [0, 0.1) is 23.7 Å². The molecule has 0 radical (unpaired) electrons. The molecule has 0 saturated heterocycles. The standard InChI is InChI=1S/C26H44F6N4/c1-33-22-14-20(26(30,31)32)12-18(24(22)36(4)5)15-34-21-10-9-17(13-23(21)35(2)3)16-7-6-8-19(11-16)25(27,28)29/h12,16-19,21-24,33-34H,6-11,13-15H2,1-5H3/t16?,17-,18?,19?,21-,22-,23-,24-/m0/s1. The zero-order valence-electron chi connectivity index (χ0n) is 22.2. The highest BCUT2D eigenvalue weighted by molar-refractivity contribution is 5.20. The zero-order chi connectivity index (χ0) is 26.8. The van der Waals surface area contributed by atoms with Gasteiger partial charge in [0.15, 0.2) is 0 Å². The second kappa shape index (κ2) is 11.9. The van der Waals surface area contributed by atoms with Crippen LogP contribution in [0.1, 0.15) is 51.4 Å². The Morgan fingerprint density at radius 3 is 2.08 bits per heavy atom. The summed E-state index contributed by atoms with van der Waals surface area (Å²) in [6.45, 7) is 0.430. The summed E-state index contributed by atoms with van der Waals surface area (Å²) in [5, 5.41) is 6.68. The third-order valence-corrected chi connectivity index (χ3v) is 9.02. The topological polar surface area (TPSA) is 30.5 Å². The molecular formula is C26H44F6N4. The van der Waals surface area contributed by atoms with E-state index in [9.17, 15) is 26.3 Å². The zero-order valence-corrected chi connectivity index (χ0v) is 22.2. The van der Waals surface area contributed by atoms with Gasteiger partial charge < -0.3 is 20.4 Å². The first-order chi connectivity index (χ1) is 16.7. The van der Waals surface area contributed by atoms with E-state index in [1.165, 1.54) is 6.08 Å². The number of hydrogen-bond acceptors (Lipinski definition) is 4. The van der Waals surface area contributed by atoms with Crippen molar-refractivity contribution in [1.29, 1.82) is 0 Å². The highest BCUT2D eigenvalue weighted by Gasteiger charge is 2.46. The average molecular weight is 527 g/mol. The first-order valence-corrected chi connectivity index (χ1v) is 13.3. The third-order valence-electron chi connectivity index (χ3n) is 9.02. The maximum absolute atomic E-state index is 13.6. The molecule has 10 heteroatoms. The molecule has 0 amide bonds. The van der Waals surface area contributed by atoms with Gasteiger partial charge in [-0.1, -0.05) is 18.9 Å². The lowest BCUT2D eigenvalue weighted by Crippen LogP contribution is -2.57. The van der Waals surface area contributed by atoms with E-state index in [4.69, 9.17) is 0 Å². The number of nitrogens with zero attached hydrogens (tertiary/aromatic N) is 2. The van der Waals surface area contributed by atoms with E-state index in [0.717, 1.165) is 25.7 Å². The number of nitrogens with one attached hydrogen (secondary N) is 2. The van der Waals surface area contributed by atoms with E-state index >= 15 is 0 Å². The SMILES string of the molecule is CN[C@H]1CC(C(F)(F)F)=CC(CN[C@H]2CC[C@H](C3CCCC(C(F)(F)F)C3)C[C@@H]2N(C)C)[C@@H]1N(C)C. The summed E-state index contributed by atoms with van der Waals surface area (Å²) in [6, 6.07) is -0.146. The van der Waals surface area contributed by atoms with E-state index in [1.54, 1.807) is 7.05 Å². The van der Waals surface area contributed by atoms with Crippen LogP contribution in [0.25, 0.3) is 0 Å². The fraction of sp³-hybridized carbons (Fsp3) is 0.923. The molecular weight excluding hydrogens is 482 g/mol. The smallest absolute Gasteiger partial charge is 0.315 e. The Hall–Kier alpha value is -0.840. The quantitative estimate of drug-likeness (QED) is 0.358. The molecule has 0 aromatic rings. The van der Waals surface area contributed by atoms with Crippen molar-refractivity contribution in [1.82, 2.24) is 20.4 Å². The average Bonchev–Trinajstić information content (AvgIpc) is 2.80. The lowest BCUT2D eigenvalue weighted by molar-refractivity contribution is -0.188. The molecule has 0 spiro atoms. The van der Waals surface area contributed by atoms with Crippen LogP contribution in [0.2, 0.25) is 0 Å². The maximum Gasteiger partial charge on any atom is 0.412 e. The Kier molecular flexibility index (Phi) is 9.83. The van der Waals surface area contributed by atoms with Gasteiger partial charge in [-0.2, -0.15) is 26.3 Å². The van der Waals surface area contributed by atoms with E-state index in [-0.39, 0.29) is 61.2 Å². The van der Waals surface area contributed by atoms with Crippen LogP contribution in [-0.2, 0) is 0 Å². The summed E-state index contributed by atoms with van der Waals surface area (Å²) in [7, 11) is 9.50. The van der Waals surface area contributed by atoms with E-state index in [0.29, 0.717) is 13.0 Å². The fourth-order valence-corrected chi connectivity index (χ4v) is 7.14. The number of hydrogen-bond donors (Lipinski definition) is 2. The van der Waals surface area contributed by atoms with Crippen LogP contribution >= 0.6 is 0 Å². The summed E-state index contributed by atoms with van der Waals surface area (Å²) in [4.78, 5) is 4.13. The van der Waals surface area contributed by atoms with Crippen LogP contribution in [-0.4, -0.2) is 88.1 Å². The molecule has 4 nitrogen and oxygen atoms in total. The molecule has 3 rings (SSSR count). The Bertz CT molecular complexity index is 735. The largest absolute Gasteiger partial charge is 0.412 e. The van der Waals surface area contributed by atoms with Crippen molar-refractivity contribution in [2.24, 2.45) is 23.7 Å². The summed E-state index contributed by atoms with van der Waals surface area (Å²) >= 11 is 0. The van der Waals surface area contributed by atoms with Crippen LogP contribution in [0.4, 0.5) is 26.3 Å². The molecule has 3 aliphatic carbocycles. The molecule has 0 aromatic heterocycles. The van der Waals surface area contributed by atoms with Gasteiger partial charge in [0.05, 0.1) is 5.92 Å². The summed E-state index contributed by atoms with van der Waals surface area (Å²) in [5.41, 5.74) is -0.476. The van der Waals surface area contributed by atoms with Crippen LogP contribution < -0.4 is 10.6 Å². The first kappa shape index (κ1) is 29.7. The number of halogens is 6. The summed E-state index contributed by atoms with van der Waals surface area (Å²) in [5.74, 6) is -1.14. The molecule has 0 heterocycles. The van der Waals surface area contributed by atoms with Gasteiger partial charge in [-0.15, -0.1) is 0 Å². The summed E-state index contributed by atoms with van der Waals surface area (Å²) in [6.07, 6.45) is -2.63. The highest BCUT2D eigenvalue weighted by Crippen LogP contribution is 2.46. The molecule has 36 heavy (non-hydrogen) atoms. The van der Waals surface area contributed by atoms with Crippen molar-refractivity contribution >= 4 is 0 Å². The molecule has 0 aliphatic heterocycles. The Balaban J connectivity index is 1.69. The van der Waals surface area contributed by atoms with Crippen molar-refractivity contribution in [2.45, 2.75) is 87.9 Å². The van der Waals surface area contributed by atoms with E-state index in [1.807, 2.05) is 33.1 Å². The van der Waals surface area contributed by atoms with Crippen molar-refractivity contribution < 1.29 is 26.3 Å². The van der Waals surface area contributed by atoms with Gasteiger partial charge >= 0.3 is 12.4 Å². The Morgan fingerprint density at radius 2 is 1.53 bits per heavy atom. The van der Waals surface area contributed by atoms with Gasteiger partial charge in [-0.3, -0.25) is 0 Å². The minimum atomic E-state index is -4.34. The van der Waals surface area contributed by atoms with E-state index in [2.05, 4.69) is 15.5 Å². The second-order valence-electron chi connectivity index (χ2n) is 11.7. The van der Waals surface area contributed by atoms with Gasteiger partial charge in [-0.25, -0.2) is 0 Å². The van der Waals surface area contributed by atoms with Gasteiger partial charge in [-0.05, 0) is 85.6 Å². The number of alkyl halides is 6. The van der Waals surface area contributed by atoms with E-state index < -0.39 is 23.8 Å². The van der Waals surface area contributed by atoms with Crippen molar-refractivity contribution in [3.8, 4) is 0 Å². The molecule has 2 saturated carbocycles. The predicted molar refractivity (Wildman–Crippen MR) is 131 cm³/mol. The van der Waals surface area contributed by atoms with Crippen molar-refractivity contribution in [3.05, 3.63) is 11.6 Å². The van der Waals surface area contributed by atoms with Gasteiger partial charge in [0.25, 0.3) is 0 Å². The Morgan fingerprint density at radius 1 is 0.861 bits per heavy atom. The Labute approximate surface area is 212 Å². The monoisotopic (exact) mass is 526 g/mol. The molecule has 3 aliphatic rings. The number of likely N-dealkylation sites (N-methyl/N-ethyl adjacent to an activating group) is 3. The van der Waals surface area contributed by atoms with Crippen LogP contribution in [0.3, 0.4) is 0 Å². The molecule has 210 valence electrons. The molecule has 0 bridgehead atoms. The summed E-state index contributed by atoms with van der Waals surface area (Å²) < 4.78 is 81.0. The number of rotatable bonds is 7. The third kappa shape index (κ3) is 7.17. The highest BCUT2D eigenvalue weighted by atomic mass is 19.4. The van der Waals surface area contributed by atoms with Crippen molar-refractivity contribution in [3.63, 3.8) is 0 Å². The lowest BCUT2D eigenvalue weighted by Gasteiger charge is -2.46. The molecule has 2 N–H and O–H groups in total. The minimum Gasteiger partial charge on any atom is -0.315 e. The minimum absolute atomic E-state index is 0.0505. The second-order valence-corrected chi connectivity index (χ2v) is 11.7. The molecule has 0 aromatic carbocycles. The van der Waals surface area contributed by atoms with Crippen LogP contribution in [0.15, 0.2) is 11.6 Å². The lowest BCUT2D eigenvalue weighted by atomic mass is 9.68.